The van der Waals surface area contributed by atoms with Crippen LogP contribution in [-0.4, -0.2) is 61.5 Å². The van der Waals surface area contributed by atoms with Crippen molar-refractivity contribution in [2.75, 3.05) is 40.3 Å². The normalized spacial score (nSPS) is 18.5. The summed E-state index contributed by atoms with van der Waals surface area (Å²) in [5.74, 6) is 0.943. The second-order valence-corrected chi connectivity index (χ2v) is 7.29. The van der Waals surface area contributed by atoms with Crippen molar-refractivity contribution in [2.24, 2.45) is 5.92 Å². The molecule has 0 aromatic carbocycles. The average Bonchev–Trinajstić information content (AvgIpc) is 2.35. The highest BCUT2D eigenvalue weighted by atomic mass is 16.1. The van der Waals surface area contributed by atoms with Crippen LogP contribution in [0.25, 0.3) is 0 Å². The summed E-state index contributed by atoms with van der Waals surface area (Å²) in [5.41, 5.74) is 0.286. The highest BCUT2D eigenvalue weighted by Crippen LogP contribution is 2.26. The van der Waals surface area contributed by atoms with Crippen LogP contribution in [0.1, 0.15) is 46.5 Å². The van der Waals surface area contributed by atoms with E-state index in [4.69, 9.17) is 0 Å². The molecule has 1 fully saturated rings. The maximum absolute atomic E-state index is 11.8. The fourth-order valence-electron chi connectivity index (χ4n) is 2.73. The molecule has 0 atom stereocenters. The first-order valence-corrected chi connectivity index (χ1v) is 7.95. The van der Waals surface area contributed by atoms with E-state index in [2.05, 4.69) is 35.9 Å². The summed E-state index contributed by atoms with van der Waals surface area (Å²) in [5, 5.41) is 3.00. The van der Waals surface area contributed by atoms with E-state index in [0.717, 1.165) is 25.4 Å². The van der Waals surface area contributed by atoms with Crippen LogP contribution < -0.4 is 5.32 Å². The number of nitrogens with zero attached hydrogens (tertiary/aromatic N) is 2. The molecule has 1 heterocycles. The van der Waals surface area contributed by atoms with Crippen molar-refractivity contribution in [3.05, 3.63) is 0 Å². The fraction of sp³-hybridized carbons (Fsp3) is 0.938. The van der Waals surface area contributed by atoms with E-state index in [9.17, 15) is 4.79 Å². The van der Waals surface area contributed by atoms with Gasteiger partial charge in [0.1, 0.15) is 0 Å². The predicted octanol–water partition coefficient (Wildman–Crippen LogP) is 1.95. The SMILES string of the molecule is CN(C)CCNC(=O)CCC1CCN(C(C)(C)C)CC1. The number of hydrogen-bond donors (Lipinski definition) is 1. The topological polar surface area (TPSA) is 35.6 Å². The Kier molecular flexibility index (Phi) is 6.96. The quantitative estimate of drug-likeness (QED) is 0.809. The third-order valence-electron chi connectivity index (χ3n) is 4.22. The number of likely N-dealkylation sites (tertiary alicyclic amines) is 1. The van der Waals surface area contributed by atoms with E-state index in [1.807, 2.05) is 14.1 Å². The minimum Gasteiger partial charge on any atom is -0.355 e. The molecule has 0 aromatic heterocycles. The van der Waals surface area contributed by atoms with Gasteiger partial charge in [0.2, 0.25) is 5.91 Å². The molecule has 0 saturated carbocycles. The highest BCUT2D eigenvalue weighted by molar-refractivity contribution is 5.75. The Hall–Kier alpha value is -0.610. The van der Waals surface area contributed by atoms with Gasteiger partial charge in [-0.15, -0.1) is 0 Å². The van der Waals surface area contributed by atoms with Crippen molar-refractivity contribution in [2.45, 2.75) is 52.0 Å². The number of carbonyl (C=O) groups excluding carboxylic acids is 1. The lowest BCUT2D eigenvalue weighted by molar-refractivity contribution is -0.121. The molecule has 0 aromatic rings. The zero-order valence-electron chi connectivity index (χ0n) is 14.0. The number of carbonyl (C=O) groups is 1. The van der Waals surface area contributed by atoms with Gasteiger partial charge in [-0.2, -0.15) is 0 Å². The van der Waals surface area contributed by atoms with E-state index in [0.29, 0.717) is 6.42 Å². The van der Waals surface area contributed by atoms with Crippen molar-refractivity contribution in [3.63, 3.8) is 0 Å². The number of likely N-dealkylation sites (N-methyl/N-ethyl adjacent to an activating group) is 1. The largest absolute Gasteiger partial charge is 0.355 e. The van der Waals surface area contributed by atoms with Gasteiger partial charge >= 0.3 is 0 Å². The molecule has 1 aliphatic rings. The van der Waals surface area contributed by atoms with Crippen molar-refractivity contribution in [1.29, 1.82) is 0 Å². The first-order valence-electron chi connectivity index (χ1n) is 7.95. The van der Waals surface area contributed by atoms with Gasteiger partial charge in [0.25, 0.3) is 0 Å². The Morgan fingerprint density at radius 3 is 2.35 bits per heavy atom. The van der Waals surface area contributed by atoms with E-state index in [1.165, 1.54) is 25.9 Å². The molecule has 0 bridgehead atoms. The second-order valence-electron chi connectivity index (χ2n) is 7.29. The van der Waals surface area contributed by atoms with Crippen molar-refractivity contribution in [3.8, 4) is 0 Å². The van der Waals surface area contributed by atoms with Gasteiger partial charge in [0.05, 0.1) is 0 Å². The molecule has 0 spiro atoms. The summed E-state index contributed by atoms with van der Waals surface area (Å²) >= 11 is 0. The molecule has 4 nitrogen and oxygen atoms in total. The van der Waals surface area contributed by atoms with Crippen LogP contribution in [-0.2, 0) is 4.79 Å². The summed E-state index contributed by atoms with van der Waals surface area (Å²) in [6, 6.07) is 0. The summed E-state index contributed by atoms with van der Waals surface area (Å²) in [6.07, 6.45) is 4.21. The standard InChI is InChI=1S/C16H33N3O/c1-16(2,3)19-11-8-14(9-12-19)6-7-15(20)17-10-13-18(4)5/h14H,6-13H2,1-5H3,(H,17,20). The molecule has 0 unspecified atom stereocenters. The number of hydrogen-bond acceptors (Lipinski definition) is 3. The Balaban J connectivity index is 2.13. The van der Waals surface area contributed by atoms with Gasteiger partial charge in [-0.05, 0) is 73.1 Å². The third kappa shape index (κ3) is 6.71. The predicted molar refractivity (Wildman–Crippen MR) is 84.8 cm³/mol. The van der Waals surface area contributed by atoms with Crippen molar-refractivity contribution < 1.29 is 4.79 Å². The molecule has 0 aliphatic carbocycles. The highest BCUT2D eigenvalue weighted by Gasteiger charge is 2.26. The summed E-state index contributed by atoms with van der Waals surface area (Å²) in [7, 11) is 4.05. The van der Waals surface area contributed by atoms with Gasteiger partial charge in [-0.25, -0.2) is 0 Å². The van der Waals surface area contributed by atoms with Crippen LogP contribution in [0.15, 0.2) is 0 Å². The Morgan fingerprint density at radius 1 is 1.25 bits per heavy atom. The molecule has 118 valence electrons. The van der Waals surface area contributed by atoms with Crippen LogP contribution in [0.2, 0.25) is 0 Å². The molecule has 0 radical (unpaired) electrons. The number of amides is 1. The van der Waals surface area contributed by atoms with Crippen LogP contribution in [0.4, 0.5) is 0 Å². The van der Waals surface area contributed by atoms with E-state index < -0.39 is 0 Å². The van der Waals surface area contributed by atoms with E-state index in [1.54, 1.807) is 0 Å². The molecular formula is C16H33N3O. The van der Waals surface area contributed by atoms with Crippen LogP contribution in [0.3, 0.4) is 0 Å². The Bertz CT molecular complexity index is 289. The molecular weight excluding hydrogens is 250 g/mol. The molecule has 1 rings (SSSR count). The molecule has 1 N–H and O–H groups in total. The maximum Gasteiger partial charge on any atom is 0.220 e. The van der Waals surface area contributed by atoms with Crippen molar-refractivity contribution >= 4 is 5.91 Å². The van der Waals surface area contributed by atoms with Gasteiger partial charge in [-0.3, -0.25) is 9.69 Å². The van der Waals surface area contributed by atoms with Gasteiger partial charge < -0.3 is 10.2 Å². The lowest BCUT2D eigenvalue weighted by Crippen LogP contribution is -2.46. The fourth-order valence-corrected chi connectivity index (χ4v) is 2.73. The average molecular weight is 283 g/mol. The number of rotatable bonds is 6. The minimum absolute atomic E-state index is 0.213. The number of piperidine rings is 1. The van der Waals surface area contributed by atoms with E-state index >= 15 is 0 Å². The van der Waals surface area contributed by atoms with Gasteiger partial charge in [0, 0.05) is 25.0 Å². The lowest BCUT2D eigenvalue weighted by Gasteiger charge is -2.40. The monoisotopic (exact) mass is 283 g/mol. The minimum atomic E-state index is 0.213. The number of nitrogens with one attached hydrogen (secondary N) is 1. The zero-order chi connectivity index (χ0) is 15.2. The first kappa shape index (κ1) is 17.4. The molecule has 1 saturated heterocycles. The molecule has 1 amide bonds. The Morgan fingerprint density at radius 2 is 1.85 bits per heavy atom. The molecule has 20 heavy (non-hydrogen) atoms. The zero-order valence-corrected chi connectivity index (χ0v) is 14.0. The molecule has 1 aliphatic heterocycles. The Labute approximate surface area is 124 Å². The van der Waals surface area contributed by atoms with Crippen molar-refractivity contribution in [1.82, 2.24) is 15.1 Å². The summed E-state index contributed by atoms with van der Waals surface area (Å²) < 4.78 is 0. The maximum atomic E-state index is 11.8. The summed E-state index contributed by atoms with van der Waals surface area (Å²) in [6.45, 7) is 10.9. The van der Waals surface area contributed by atoms with Crippen LogP contribution >= 0.6 is 0 Å². The summed E-state index contributed by atoms with van der Waals surface area (Å²) in [4.78, 5) is 16.4. The third-order valence-corrected chi connectivity index (χ3v) is 4.22. The first-order chi connectivity index (χ1) is 9.29. The molecule has 4 heteroatoms. The van der Waals surface area contributed by atoms with Crippen LogP contribution in [0, 0.1) is 5.92 Å². The second kappa shape index (κ2) is 7.99. The smallest absolute Gasteiger partial charge is 0.220 e. The van der Waals surface area contributed by atoms with Crippen LogP contribution in [0.5, 0.6) is 0 Å². The van der Waals surface area contributed by atoms with Gasteiger partial charge in [0.15, 0.2) is 0 Å². The lowest BCUT2D eigenvalue weighted by atomic mass is 9.89. The van der Waals surface area contributed by atoms with Gasteiger partial charge in [-0.1, -0.05) is 0 Å². The van der Waals surface area contributed by atoms with E-state index in [-0.39, 0.29) is 11.4 Å².